The van der Waals surface area contributed by atoms with Crippen LogP contribution in [0.2, 0.25) is 0 Å². The van der Waals surface area contributed by atoms with Gasteiger partial charge in [-0.05, 0) is 36.6 Å². The Morgan fingerprint density at radius 1 is 1.48 bits per heavy atom. The maximum absolute atomic E-state index is 12.0. The van der Waals surface area contributed by atoms with Crippen LogP contribution in [0.15, 0.2) is 17.5 Å². The normalized spacial score (nSPS) is 22.7. The number of amides is 2. The van der Waals surface area contributed by atoms with Crippen molar-refractivity contribution in [2.24, 2.45) is 11.8 Å². The molecule has 6 heteroatoms. The molecule has 2 amide bonds. The second-order valence-electron chi connectivity index (χ2n) is 5.47. The van der Waals surface area contributed by atoms with E-state index in [-0.39, 0.29) is 23.9 Å². The van der Waals surface area contributed by atoms with E-state index < -0.39 is 5.97 Å². The SMILES string of the molecule is CCC(NC(=O)NCC1CCCC1C(=O)O)c1cccs1. The number of nitrogens with one attached hydrogen (secondary N) is 2. The third kappa shape index (κ3) is 4.20. The van der Waals surface area contributed by atoms with Crippen LogP contribution in [0.3, 0.4) is 0 Å². The largest absolute Gasteiger partial charge is 0.481 e. The number of thiophene rings is 1. The van der Waals surface area contributed by atoms with Crippen molar-refractivity contribution >= 4 is 23.3 Å². The molecule has 1 aliphatic carbocycles. The van der Waals surface area contributed by atoms with E-state index in [1.807, 2.05) is 24.4 Å². The minimum absolute atomic E-state index is 0.0175. The number of hydrogen-bond acceptors (Lipinski definition) is 3. The predicted octanol–water partition coefficient (Wildman–Crippen LogP) is 3.00. The lowest BCUT2D eigenvalue weighted by Gasteiger charge is -2.19. The summed E-state index contributed by atoms with van der Waals surface area (Å²) >= 11 is 1.63. The summed E-state index contributed by atoms with van der Waals surface area (Å²) in [6.45, 7) is 2.46. The molecule has 1 heterocycles. The van der Waals surface area contributed by atoms with E-state index in [9.17, 15) is 9.59 Å². The topological polar surface area (TPSA) is 78.4 Å². The van der Waals surface area contributed by atoms with Gasteiger partial charge in [0.25, 0.3) is 0 Å². The molecule has 1 aromatic heterocycles. The van der Waals surface area contributed by atoms with Crippen molar-refractivity contribution < 1.29 is 14.7 Å². The highest BCUT2D eigenvalue weighted by atomic mass is 32.1. The highest BCUT2D eigenvalue weighted by Crippen LogP contribution is 2.31. The molecule has 0 spiro atoms. The maximum atomic E-state index is 12.0. The van der Waals surface area contributed by atoms with Gasteiger partial charge in [0.1, 0.15) is 0 Å². The smallest absolute Gasteiger partial charge is 0.315 e. The van der Waals surface area contributed by atoms with Crippen molar-refractivity contribution in [3.63, 3.8) is 0 Å². The van der Waals surface area contributed by atoms with Gasteiger partial charge in [0.15, 0.2) is 0 Å². The molecule has 0 aliphatic heterocycles. The Hall–Kier alpha value is -1.56. The van der Waals surface area contributed by atoms with Gasteiger partial charge in [-0.25, -0.2) is 4.79 Å². The van der Waals surface area contributed by atoms with E-state index in [2.05, 4.69) is 10.6 Å². The van der Waals surface area contributed by atoms with Gasteiger partial charge >= 0.3 is 12.0 Å². The average Bonchev–Trinajstić information content (AvgIpc) is 3.13. The number of urea groups is 1. The van der Waals surface area contributed by atoms with Crippen molar-refractivity contribution in [3.8, 4) is 0 Å². The van der Waals surface area contributed by atoms with E-state index in [0.29, 0.717) is 6.54 Å². The summed E-state index contributed by atoms with van der Waals surface area (Å²) in [6.07, 6.45) is 3.35. The monoisotopic (exact) mass is 310 g/mol. The standard InChI is InChI=1S/C15H22N2O3S/c1-2-12(13-7-4-8-21-13)17-15(20)16-9-10-5-3-6-11(10)14(18)19/h4,7-8,10-12H,2-3,5-6,9H2,1H3,(H,18,19)(H2,16,17,20). The molecule has 5 nitrogen and oxygen atoms in total. The van der Waals surface area contributed by atoms with Crippen molar-refractivity contribution in [2.45, 2.75) is 38.6 Å². The molecule has 1 saturated carbocycles. The third-order valence-corrected chi connectivity index (χ3v) is 5.09. The molecular formula is C15H22N2O3S. The number of carboxylic acid groups (broad SMARTS) is 1. The molecule has 1 aromatic rings. The van der Waals surface area contributed by atoms with Gasteiger partial charge in [-0.3, -0.25) is 4.79 Å². The van der Waals surface area contributed by atoms with Gasteiger partial charge in [0, 0.05) is 11.4 Å². The molecule has 0 aromatic carbocycles. The van der Waals surface area contributed by atoms with Crippen LogP contribution in [0.25, 0.3) is 0 Å². The first-order valence-corrected chi connectivity index (χ1v) is 8.30. The Labute approximate surface area is 128 Å². The van der Waals surface area contributed by atoms with E-state index in [1.54, 1.807) is 11.3 Å². The van der Waals surface area contributed by atoms with Gasteiger partial charge in [-0.15, -0.1) is 11.3 Å². The number of carbonyl (C=O) groups is 2. The van der Waals surface area contributed by atoms with Gasteiger partial charge in [-0.1, -0.05) is 19.4 Å². The van der Waals surface area contributed by atoms with Gasteiger partial charge in [0.2, 0.25) is 0 Å². The molecule has 0 bridgehead atoms. The van der Waals surface area contributed by atoms with Crippen LogP contribution < -0.4 is 10.6 Å². The van der Waals surface area contributed by atoms with Crippen molar-refractivity contribution in [1.82, 2.24) is 10.6 Å². The molecule has 116 valence electrons. The fourth-order valence-corrected chi connectivity index (χ4v) is 3.76. The van der Waals surface area contributed by atoms with Crippen LogP contribution in [-0.4, -0.2) is 23.7 Å². The summed E-state index contributed by atoms with van der Waals surface area (Å²) < 4.78 is 0. The summed E-state index contributed by atoms with van der Waals surface area (Å²) in [6, 6.07) is 3.78. The first-order valence-electron chi connectivity index (χ1n) is 7.42. The molecule has 0 radical (unpaired) electrons. The Morgan fingerprint density at radius 3 is 2.90 bits per heavy atom. The lowest BCUT2D eigenvalue weighted by molar-refractivity contribution is -0.142. The van der Waals surface area contributed by atoms with Crippen LogP contribution in [0.1, 0.15) is 43.5 Å². The van der Waals surface area contributed by atoms with E-state index in [4.69, 9.17) is 5.11 Å². The lowest BCUT2D eigenvalue weighted by Crippen LogP contribution is -2.41. The Morgan fingerprint density at radius 2 is 2.29 bits per heavy atom. The van der Waals surface area contributed by atoms with Gasteiger partial charge < -0.3 is 15.7 Å². The number of aliphatic carboxylic acids is 1. The number of hydrogen-bond donors (Lipinski definition) is 3. The zero-order chi connectivity index (χ0) is 15.2. The molecule has 21 heavy (non-hydrogen) atoms. The van der Waals surface area contributed by atoms with E-state index in [0.717, 1.165) is 30.6 Å². The first kappa shape index (κ1) is 15.8. The summed E-state index contributed by atoms with van der Waals surface area (Å²) in [5, 5.41) is 16.9. The quantitative estimate of drug-likeness (QED) is 0.756. The minimum atomic E-state index is -0.746. The highest BCUT2D eigenvalue weighted by molar-refractivity contribution is 7.10. The Balaban J connectivity index is 1.80. The van der Waals surface area contributed by atoms with Crippen LogP contribution in [0, 0.1) is 11.8 Å². The molecule has 0 saturated heterocycles. The van der Waals surface area contributed by atoms with Crippen molar-refractivity contribution in [1.29, 1.82) is 0 Å². The summed E-state index contributed by atoms with van der Waals surface area (Å²) in [5.74, 6) is -1.01. The average molecular weight is 310 g/mol. The lowest BCUT2D eigenvalue weighted by atomic mass is 9.96. The summed E-state index contributed by atoms with van der Waals surface area (Å²) in [7, 11) is 0. The van der Waals surface area contributed by atoms with Crippen molar-refractivity contribution in [2.75, 3.05) is 6.54 Å². The van der Waals surface area contributed by atoms with Crippen LogP contribution in [-0.2, 0) is 4.79 Å². The predicted molar refractivity (Wildman–Crippen MR) is 82.4 cm³/mol. The molecule has 3 N–H and O–H groups in total. The number of carbonyl (C=O) groups excluding carboxylic acids is 1. The second-order valence-corrected chi connectivity index (χ2v) is 6.45. The zero-order valence-corrected chi connectivity index (χ0v) is 13.0. The third-order valence-electron chi connectivity index (χ3n) is 4.10. The second kappa shape index (κ2) is 7.45. The molecule has 1 aliphatic rings. The fraction of sp³-hybridized carbons (Fsp3) is 0.600. The highest BCUT2D eigenvalue weighted by Gasteiger charge is 2.32. The van der Waals surface area contributed by atoms with Gasteiger partial charge in [-0.2, -0.15) is 0 Å². The van der Waals surface area contributed by atoms with Gasteiger partial charge in [0.05, 0.1) is 12.0 Å². The zero-order valence-electron chi connectivity index (χ0n) is 12.2. The minimum Gasteiger partial charge on any atom is -0.481 e. The summed E-state index contributed by atoms with van der Waals surface area (Å²) in [4.78, 5) is 24.2. The van der Waals surface area contributed by atoms with Crippen LogP contribution >= 0.6 is 11.3 Å². The molecular weight excluding hydrogens is 288 g/mol. The molecule has 3 atom stereocenters. The Bertz CT molecular complexity index is 475. The first-order chi connectivity index (χ1) is 10.1. The van der Waals surface area contributed by atoms with E-state index >= 15 is 0 Å². The number of rotatable bonds is 6. The van der Waals surface area contributed by atoms with E-state index in [1.165, 1.54) is 0 Å². The molecule has 1 fully saturated rings. The van der Waals surface area contributed by atoms with Crippen LogP contribution in [0.5, 0.6) is 0 Å². The maximum Gasteiger partial charge on any atom is 0.315 e. The Kier molecular flexibility index (Phi) is 5.61. The van der Waals surface area contributed by atoms with Crippen LogP contribution in [0.4, 0.5) is 4.79 Å². The fourth-order valence-electron chi connectivity index (χ4n) is 2.90. The molecule has 2 rings (SSSR count). The number of carboxylic acids is 1. The summed E-state index contributed by atoms with van der Waals surface area (Å²) in [5.41, 5.74) is 0. The van der Waals surface area contributed by atoms with Crippen molar-refractivity contribution in [3.05, 3.63) is 22.4 Å². The molecule has 3 unspecified atom stereocenters.